The van der Waals surface area contributed by atoms with Crippen LogP contribution in [0.15, 0.2) is 30.6 Å². The molecule has 0 saturated heterocycles. The van der Waals surface area contributed by atoms with Gasteiger partial charge in [0.15, 0.2) is 5.78 Å². The van der Waals surface area contributed by atoms with E-state index in [1.54, 1.807) is 6.20 Å². The quantitative estimate of drug-likeness (QED) is 0.786. The van der Waals surface area contributed by atoms with Crippen LogP contribution in [0.3, 0.4) is 0 Å². The van der Waals surface area contributed by atoms with Crippen LogP contribution in [0.2, 0.25) is 5.02 Å². The van der Waals surface area contributed by atoms with Crippen LogP contribution in [0.4, 0.5) is 4.39 Å². The van der Waals surface area contributed by atoms with Crippen molar-refractivity contribution in [3.05, 3.63) is 52.8 Å². The highest BCUT2D eigenvalue weighted by molar-refractivity contribution is 6.34. The van der Waals surface area contributed by atoms with Crippen molar-refractivity contribution in [2.24, 2.45) is 0 Å². The van der Waals surface area contributed by atoms with Crippen molar-refractivity contribution in [3.63, 3.8) is 0 Å². The maximum atomic E-state index is 12.9. The Balaban J connectivity index is 2.18. The number of halogens is 2. The van der Waals surface area contributed by atoms with Gasteiger partial charge in [-0.1, -0.05) is 18.5 Å². The first-order valence-corrected chi connectivity index (χ1v) is 6.48. The van der Waals surface area contributed by atoms with Gasteiger partial charge in [-0.15, -0.1) is 0 Å². The Labute approximate surface area is 116 Å². The lowest BCUT2D eigenvalue weighted by Gasteiger charge is -2.06. The van der Waals surface area contributed by atoms with Crippen molar-refractivity contribution >= 4 is 17.4 Å². The Morgan fingerprint density at radius 2 is 2.26 bits per heavy atom. The van der Waals surface area contributed by atoms with Crippen LogP contribution in [0.25, 0.3) is 0 Å². The van der Waals surface area contributed by atoms with Crippen LogP contribution in [0, 0.1) is 5.82 Å². The number of aromatic nitrogens is 2. The van der Waals surface area contributed by atoms with E-state index in [1.165, 1.54) is 12.1 Å². The second kappa shape index (κ2) is 5.97. The largest absolute Gasteiger partial charge is 0.335 e. The summed E-state index contributed by atoms with van der Waals surface area (Å²) in [6.45, 7) is 2.88. The fourth-order valence-electron chi connectivity index (χ4n) is 1.91. The Morgan fingerprint density at radius 1 is 1.47 bits per heavy atom. The number of carbonyl (C=O) groups is 1. The molecule has 0 N–H and O–H groups in total. The Kier molecular flexibility index (Phi) is 4.32. The molecule has 5 heteroatoms. The van der Waals surface area contributed by atoms with Gasteiger partial charge in [0.05, 0.1) is 11.4 Å². The zero-order valence-corrected chi connectivity index (χ0v) is 11.3. The second-order valence-electron chi connectivity index (χ2n) is 4.26. The topological polar surface area (TPSA) is 34.9 Å². The molecule has 0 fully saturated rings. The molecule has 1 aromatic heterocycles. The van der Waals surface area contributed by atoms with Crippen molar-refractivity contribution in [1.29, 1.82) is 0 Å². The van der Waals surface area contributed by atoms with Gasteiger partial charge in [-0.3, -0.25) is 4.79 Å². The summed E-state index contributed by atoms with van der Waals surface area (Å²) in [6.07, 6.45) is 4.65. The maximum absolute atomic E-state index is 12.9. The molecule has 0 spiro atoms. The van der Waals surface area contributed by atoms with Crippen LogP contribution >= 0.6 is 11.6 Å². The highest BCUT2D eigenvalue weighted by Crippen LogP contribution is 2.19. The summed E-state index contributed by atoms with van der Waals surface area (Å²) in [4.78, 5) is 16.3. The minimum absolute atomic E-state index is 0.138. The fraction of sp³-hybridized carbons (Fsp3) is 0.286. The minimum atomic E-state index is -0.450. The molecule has 0 amide bonds. The van der Waals surface area contributed by atoms with E-state index in [0.717, 1.165) is 19.0 Å². The molecule has 0 atom stereocenters. The molecular weight excluding hydrogens is 267 g/mol. The number of Topliss-reactive ketones (excluding diaryl/α,β-unsaturated/α-hetero) is 1. The lowest BCUT2D eigenvalue weighted by Crippen LogP contribution is -2.10. The van der Waals surface area contributed by atoms with E-state index in [0.29, 0.717) is 11.4 Å². The molecule has 3 nitrogen and oxygen atoms in total. The molecule has 2 rings (SSSR count). The number of rotatable bonds is 5. The number of carbonyl (C=O) groups excluding carboxylic acids is 1. The summed E-state index contributed by atoms with van der Waals surface area (Å²) in [5, 5.41) is 0.138. The van der Waals surface area contributed by atoms with Crippen molar-refractivity contribution in [2.45, 2.75) is 26.3 Å². The standard InChI is InChI=1S/C14H14ClFN2O/c1-2-6-18-7-5-17-14(18)9-13(19)11-4-3-10(16)8-12(11)15/h3-5,7-8H,2,6,9H2,1H3. The second-order valence-corrected chi connectivity index (χ2v) is 4.67. The SMILES string of the molecule is CCCn1ccnc1CC(=O)c1ccc(F)cc1Cl. The zero-order chi connectivity index (χ0) is 13.8. The Bertz CT molecular complexity index is 595. The average Bonchev–Trinajstić information content (AvgIpc) is 2.77. The number of hydrogen-bond donors (Lipinski definition) is 0. The van der Waals surface area contributed by atoms with Crippen LogP contribution in [-0.2, 0) is 13.0 Å². The molecule has 1 aromatic carbocycles. The van der Waals surface area contributed by atoms with E-state index >= 15 is 0 Å². The molecular formula is C14H14ClFN2O. The summed E-state index contributed by atoms with van der Waals surface area (Å²) < 4.78 is 14.9. The molecule has 0 aliphatic heterocycles. The summed E-state index contributed by atoms with van der Waals surface area (Å²) in [6, 6.07) is 3.79. The van der Waals surface area contributed by atoms with Gasteiger partial charge < -0.3 is 4.57 Å². The van der Waals surface area contributed by atoms with Crippen molar-refractivity contribution in [1.82, 2.24) is 9.55 Å². The molecule has 0 radical (unpaired) electrons. The highest BCUT2D eigenvalue weighted by Gasteiger charge is 2.14. The first-order chi connectivity index (χ1) is 9.11. The predicted octanol–water partition coefficient (Wildman–Crippen LogP) is 3.51. The molecule has 0 aliphatic rings. The number of benzene rings is 1. The lowest BCUT2D eigenvalue weighted by atomic mass is 10.1. The summed E-state index contributed by atoms with van der Waals surface area (Å²) in [7, 11) is 0. The third-order valence-corrected chi connectivity index (χ3v) is 3.13. The average molecular weight is 281 g/mol. The normalized spacial score (nSPS) is 10.7. The van der Waals surface area contributed by atoms with Gasteiger partial charge in [0, 0.05) is 24.5 Å². The van der Waals surface area contributed by atoms with Crippen molar-refractivity contribution in [3.8, 4) is 0 Å². The molecule has 0 aliphatic carbocycles. The Hall–Kier alpha value is -1.68. The smallest absolute Gasteiger partial charge is 0.171 e. The van der Waals surface area contributed by atoms with E-state index in [2.05, 4.69) is 11.9 Å². The minimum Gasteiger partial charge on any atom is -0.335 e. The fourth-order valence-corrected chi connectivity index (χ4v) is 2.18. The predicted molar refractivity (Wildman–Crippen MR) is 72.0 cm³/mol. The van der Waals surface area contributed by atoms with Gasteiger partial charge >= 0.3 is 0 Å². The lowest BCUT2D eigenvalue weighted by molar-refractivity contribution is 0.0990. The van der Waals surface area contributed by atoms with Crippen LogP contribution in [0.1, 0.15) is 29.5 Å². The maximum Gasteiger partial charge on any atom is 0.171 e. The summed E-state index contributed by atoms with van der Waals surface area (Å²) in [5.74, 6) is 0.0924. The van der Waals surface area contributed by atoms with E-state index < -0.39 is 5.82 Å². The van der Waals surface area contributed by atoms with Gasteiger partial charge in [-0.05, 0) is 24.6 Å². The van der Waals surface area contributed by atoms with Crippen LogP contribution in [-0.4, -0.2) is 15.3 Å². The number of aryl methyl sites for hydroxylation is 1. The van der Waals surface area contributed by atoms with E-state index in [4.69, 9.17) is 11.6 Å². The molecule has 2 aromatic rings. The molecule has 1 heterocycles. The van der Waals surface area contributed by atoms with Crippen molar-refractivity contribution in [2.75, 3.05) is 0 Å². The molecule has 0 bridgehead atoms. The number of hydrogen-bond acceptors (Lipinski definition) is 2. The van der Waals surface area contributed by atoms with Crippen LogP contribution in [0.5, 0.6) is 0 Å². The van der Waals surface area contributed by atoms with Crippen LogP contribution < -0.4 is 0 Å². The Morgan fingerprint density at radius 3 is 2.95 bits per heavy atom. The summed E-state index contributed by atoms with van der Waals surface area (Å²) in [5.41, 5.74) is 0.328. The first-order valence-electron chi connectivity index (χ1n) is 6.10. The number of imidazole rings is 1. The zero-order valence-electron chi connectivity index (χ0n) is 10.6. The molecule has 0 unspecified atom stereocenters. The van der Waals surface area contributed by atoms with Gasteiger partial charge in [-0.2, -0.15) is 0 Å². The van der Waals surface area contributed by atoms with Gasteiger partial charge in [-0.25, -0.2) is 9.37 Å². The van der Waals surface area contributed by atoms with E-state index in [-0.39, 0.29) is 17.2 Å². The monoisotopic (exact) mass is 280 g/mol. The van der Waals surface area contributed by atoms with Crippen molar-refractivity contribution < 1.29 is 9.18 Å². The summed E-state index contributed by atoms with van der Waals surface area (Å²) >= 11 is 5.88. The first kappa shape index (κ1) is 13.7. The molecule has 0 saturated carbocycles. The molecule has 100 valence electrons. The molecule has 19 heavy (non-hydrogen) atoms. The number of nitrogens with zero attached hydrogens (tertiary/aromatic N) is 2. The van der Waals surface area contributed by atoms with Gasteiger partial charge in [0.2, 0.25) is 0 Å². The number of ketones is 1. The van der Waals surface area contributed by atoms with Gasteiger partial charge in [0.25, 0.3) is 0 Å². The van der Waals surface area contributed by atoms with E-state index in [9.17, 15) is 9.18 Å². The highest BCUT2D eigenvalue weighted by atomic mass is 35.5. The third-order valence-electron chi connectivity index (χ3n) is 2.82. The third kappa shape index (κ3) is 3.20. The van der Waals surface area contributed by atoms with E-state index in [1.807, 2.05) is 10.8 Å². The van der Waals surface area contributed by atoms with Gasteiger partial charge in [0.1, 0.15) is 11.6 Å².